The highest BCUT2D eigenvalue weighted by Gasteiger charge is 2.09. The van der Waals surface area contributed by atoms with Crippen LogP contribution in [-0.2, 0) is 6.54 Å². The predicted octanol–water partition coefficient (Wildman–Crippen LogP) is 3.38. The molecule has 2 rings (SSSR count). The van der Waals surface area contributed by atoms with Gasteiger partial charge in [0.15, 0.2) is 0 Å². The Morgan fingerprint density at radius 3 is 2.15 bits per heavy atom. The van der Waals surface area contributed by atoms with Gasteiger partial charge in [-0.15, -0.1) is 0 Å². The van der Waals surface area contributed by atoms with E-state index < -0.39 is 0 Å². The number of hydrogen-bond donors (Lipinski definition) is 0. The summed E-state index contributed by atoms with van der Waals surface area (Å²) in [5, 5.41) is 6.13. The molecule has 0 amide bonds. The maximum absolute atomic E-state index is 12.2. The zero-order valence-electron chi connectivity index (χ0n) is 11.8. The van der Waals surface area contributed by atoms with E-state index in [4.69, 9.17) is 0 Å². The highest BCUT2D eigenvalue weighted by molar-refractivity contribution is 6.45. The van der Waals surface area contributed by atoms with E-state index in [9.17, 15) is 4.79 Å². The molecule has 0 aliphatic heterocycles. The van der Waals surface area contributed by atoms with Crippen molar-refractivity contribution in [1.82, 2.24) is 5.01 Å². The second kappa shape index (κ2) is 6.66. The molecular formula is C17H18N2O. The van der Waals surface area contributed by atoms with Crippen LogP contribution in [0.25, 0.3) is 0 Å². The monoisotopic (exact) mass is 266 g/mol. The Kier molecular flexibility index (Phi) is 4.66. The number of hydrazone groups is 1. The fourth-order valence-corrected chi connectivity index (χ4v) is 1.98. The van der Waals surface area contributed by atoms with Gasteiger partial charge in [0, 0.05) is 12.6 Å². The Labute approximate surface area is 119 Å². The minimum atomic E-state index is -0.0366. The van der Waals surface area contributed by atoms with E-state index in [-0.39, 0.29) is 5.78 Å². The van der Waals surface area contributed by atoms with Gasteiger partial charge < -0.3 is 0 Å². The Balaban J connectivity index is 2.04. The maximum atomic E-state index is 12.2. The third kappa shape index (κ3) is 3.79. The topological polar surface area (TPSA) is 32.7 Å². The van der Waals surface area contributed by atoms with Crippen molar-refractivity contribution in [3.05, 3.63) is 71.8 Å². The smallest absolute Gasteiger partial charge is 0.208 e. The van der Waals surface area contributed by atoms with Gasteiger partial charge >= 0.3 is 0 Å². The summed E-state index contributed by atoms with van der Waals surface area (Å²) in [4.78, 5) is 12.2. The Bertz CT molecular complexity index is 591. The molecule has 0 spiro atoms. The van der Waals surface area contributed by atoms with Crippen molar-refractivity contribution in [2.45, 2.75) is 13.5 Å². The number of ketones is 1. The zero-order valence-corrected chi connectivity index (χ0v) is 11.8. The van der Waals surface area contributed by atoms with Crippen molar-refractivity contribution in [2.75, 3.05) is 7.05 Å². The fraction of sp³-hybridized carbons (Fsp3) is 0.176. The maximum Gasteiger partial charge on any atom is 0.208 e. The standard InChI is InChI=1S/C17H18N2O/c1-14(17(20)16-11-7-4-8-12-16)18-19(2)13-15-9-5-3-6-10-15/h3-12H,13H2,1-2H3. The van der Waals surface area contributed by atoms with Crippen molar-refractivity contribution >= 4 is 11.5 Å². The van der Waals surface area contributed by atoms with Crippen LogP contribution in [0, 0.1) is 0 Å². The summed E-state index contributed by atoms with van der Waals surface area (Å²) in [6.07, 6.45) is 0. The van der Waals surface area contributed by atoms with Crippen LogP contribution >= 0.6 is 0 Å². The zero-order chi connectivity index (χ0) is 14.4. The quantitative estimate of drug-likeness (QED) is 0.472. The second-order valence-corrected chi connectivity index (χ2v) is 4.68. The Morgan fingerprint density at radius 2 is 1.55 bits per heavy atom. The molecule has 0 aliphatic carbocycles. The average Bonchev–Trinajstić information content (AvgIpc) is 2.48. The molecule has 0 saturated heterocycles. The van der Waals surface area contributed by atoms with Gasteiger partial charge in [-0.3, -0.25) is 9.80 Å². The van der Waals surface area contributed by atoms with E-state index in [1.54, 1.807) is 24.1 Å². The molecule has 102 valence electrons. The lowest BCUT2D eigenvalue weighted by atomic mass is 10.1. The SMILES string of the molecule is CC(=NN(C)Cc1ccccc1)C(=O)c1ccccc1. The Hall–Kier alpha value is -2.42. The number of hydrogen-bond acceptors (Lipinski definition) is 3. The third-order valence-corrected chi connectivity index (χ3v) is 2.94. The van der Waals surface area contributed by atoms with E-state index >= 15 is 0 Å². The number of benzene rings is 2. The van der Waals surface area contributed by atoms with Crippen molar-refractivity contribution in [3.8, 4) is 0 Å². The Morgan fingerprint density at radius 1 is 1.00 bits per heavy atom. The lowest BCUT2D eigenvalue weighted by molar-refractivity contribution is 0.106. The van der Waals surface area contributed by atoms with E-state index in [1.807, 2.05) is 55.6 Å². The minimum Gasteiger partial charge on any atom is -0.295 e. The van der Waals surface area contributed by atoms with E-state index in [2.05, 4.69) is 5.10 Å². The van der Waals surface area contributed by atoms with Gasteiger partial charge in [0.1, 0.15) is 5.71 Å². The first kappa shape index (κ1) is 14.0. The van der Waals surface area contributed by atoms with Gasteiger partial charge in [-0.25, -0.2) is 0 Å². The van der Waals surface area contributed by atoms with E-state index in [0.717, 1.165) is 0 Å². The van der Waals surface area contributed by atoms with Crippen LogP contribution in [-0.4, -0.2) is 23.6 Å². The molecular weight excluding hydrogens is 248 g/mol. The van der Waals surface area contributed by atoms with Crippen LogP contribution in [0.5, 0.6) is 0 Å². The largest absolute Gasteiger partial charge is 0.295 e. The number of nitrogens with zero attached hydrogens (tertiary/aromatic N) is 2. The van der Waals surface area contributed by atoms with Crippen molar-refractivity contribution < 1.29 is 4.79 Å². The van der Waals surface area contributed by atoms with Crippen LogP contribution in [0.15, 0.2) is 65.8 Å². The number of carbonyl (C=O) groups excluding carboxylic acids is 1. The molecule has 0 aliphatic rings. The summed E-state index contributed by atoms with van der Waals surface area (Å²) in [6.45, 7) is 2.43. The van der Waals surface area contributed by atoms with Gasteiger partial charge in [-0.1, -0.05) is 60.7 Å². The summed E-state index contributed by atoms with van der Waals surface area (Å²) < 4.78 is 0. The molecule has 3 nitrogen and oxygen atoms in total. The molecule has 2 aromatic carbocycles. The fourth-order valence-electron chi connectivity index (χ4n) is 1.98. The molecule has 0 bridgehead atoms. The molecule has 2 aromatic rings. The van der Waals surface area contributed by atoms with Gasteiger partial charge in [0.2, 0.25) is 5.78 Å². The van der Waals surface area contributed by atoms with Crippen LogP contribution < -0.4 is 0 Å². The van der Waals surface area contributed by atoms with Crippen LogP contribution in [0.2, 0.25) is 0 Å². The first-order valence-corrected chi connectivity index (χ1v) is 6.57. The molecule has 20 heavy (non-hydrogen) atoms. The summed E-state index contributed by atoms with van der Waals surface area (Å²) >= 11 is 0. The first-order valence-electron chi connectivity index (χ1n) is 6.57. The van der Waals surface area contributed by atoms with Gasteiger partial charge in [-0.05, 0) is 12.5 Å². The van der Waals surface area contributed by atoms with E-state index in [0.29, 0.717) is 17.8 Å². The summed E-state index contributed by atoms with van der Waals surface area (Å²) in [6, 6.07) is 19.3. The van der Waals surface area contributed by atoms with Gasteiger partial charge in [0.05, 0.1) is 6.54 Å². The lowest BCUT2D eigenvalue weighted by Gasteiger charge is -2.14. The molecule has 0 atom stereocenters. The first-order chi connectivity index (χ1) is 9.66. The van der Waals surface area contributed by atoms with Crippen molar-refractivity contribution in [1.29, 1.82) is 0 Å². The molecule has 0 radical (unpaired) electrons. The average molecular weight is 266 g/mol. The second-order valence-electron chi connectivity index (χ2n) is 4.68. The summed E-state index contributed by atoms with van der Waals surface area (Å²) in [7, 11) is 1.87. The predicted molar refractivity (Wildman–Crippen MR) is 81.8 cm³/mol. The number of Topliss-reactive ketones (excluding diaryl/α,β-unsaturated/α-hetero) is 1. The molecule has 0 N–H and O–H groups in total. The lowest BCUT2D eigenvalue weighted by Crippen LogP contribution is -2.18. The molecule has 0 fully saturated rings. The van der Waals surface area contributed by atoms with Crippen LogP contribution in [0.4, 0.5) is 0 Å². The third-order valence-electron chi connectivity index (χ3n) is 2.94. The van der Waals surface area contributed by atoms with Gasteiger partial charge in [0.25, 0.3) is 0 Å². The summed E-state index contributed by atoms with van der Waals surface area (Å²) in [5.41, 5.74) is 2.33. The highest BCUT2D eigenvalue weighted by Crippen LogP contribution is 2.05. The van der Waals surface area contributed by atoms with Crippen LogP contribution in [0.1, 0.15) is 22.8 Å². The normalized spacial score (nSPS) is 11.2. The number of rotatable bonds is 5. The highest BCUT2D eigenvalue weighted by atomic mass is 16.1. The molecule has 0 saturated carbocycles. The van der Waals surface area contributed by atoms with E-state index in [1.165, 1.54) is 5.56 Å². The minimum absolute atomic E-state index is 0.0366. The van der Waals surface area contributed by atoms with Gasteiger partial charge in [-0.2, -0.15) is 5.10 Å². The number of carbonyl (C=O) groups is 1. The molecule has 3 heteroatoms. The van der Waals surface area contributed by atoms with Crippen molar-refractivity contribution in [2.24, 2.45) is 5.10 Å². The molecule has 0 aromatic heterocycles. The molecule has 0 unspecified atom stereocenters. The van der Waals surface area contributed by atoms with Crippen LogP contribution in [0.3, 0.4) is 0 Å². The molecule has 0 heterocycles. The summed E-state index contributed by atoms with van der Waals surface area (Å²) in [5.74, 6) is -0.0366. The van der Waals surface area contributed by atoms with Crippen molar-refractivity contribution in [3.63, 3.8) is 0 Å².